The minimum atomic E-state index is -1.17. The van der Waals surface area contributed by atoms with Crippen molar-refractivity contribution in [2.24, 2.45) is 5.41 Å². The molecule has 0 saturated carbocycles. The van der Waals surface area contributed by atoms with Crippen LogP contribution in [0.3, 0.4) is 0 Å². The highest BCUT2D eigenvalue weighted by Gasteiger charge is 2.60. The van der Waals surface area contributed by atoms with E-state index >= 15 is 4.39 Å². The Hall–Kier alpha value is -3.26. The topological polar surface area (TPSA) is 87.3 Å². The van der Waals surface area contributed by atoms with E-state index in [1.807, 2.05) is 0 Å². The fourth-order valence-electron chi connectivity index (χ4n) is 5.92. The van der Waals surface area contributed by atoms with Crippen LogP contribution in [0.1, 0.15) is 56.5 Å². The fourth-order valence-corrected chi connectivity index (χ4v) is 6.32. The van der Waals surface area contributed by atoms with Gasteiger partial charge in [0.1, 0.15) is 5.82 Å². The van der Waals surface area contributed by atoms with Crippen molar-refractivity contribution >= 4 is 52.2 Å². The number of benzene rings is 3. The van der Waals surface area contributed by atoms with Crippen LogP contribution in [0.15, 0.2) is 54.6 Å². The number of nitrogens with one attached hydrogen (secondary N) is 3. The Morgan fingerprint density at radius 1 is 1.07 bits per heavy atom. The summed E-state index contributed by atoms with van der Waals surface area (Å²) in [6.07, 6.45) is 0.720. The summed E-state index contributed by atoms with van der Waals surface area (Å²) in [5.41, 5.74) is 1.50. The van der Waals surface area contributed by atoms with Gasteiger partial charge in [-0.15, -0.1) is 0 Å². The molecule has 0 aromatic heterocycles. The standard InChI is InChI=1S/C31H30Cl2FN3O3/c1-16(38)17-8-10-19(11-9-17)35-28(39)24-14-31(25(36-24)15-30(2,3)4)26-21(20-6-5-7-22(33)27(20)34)12-18(32)13-23(26)37-29(31)40/h5-13,24-25,36H,14-15H2,1-4H3,(H,35,39)(H,37,40)/t24-,25+,31+/m1/s1. The molecule has 2 aliphatic heterocycles. The van der Waals surface area contributed by atoms with Crippen molar-refractivity contribution < 1.29 is 18.8 Å². The molecule has 0 unspecified atom stereocenters. The van der Waals surface area contributed by atoms with E-state index in [2.05, 4.69) is 36.7 Å². The molecule has 0 radical (unpaired) electrons. The minimum Gasteiger partial charge on any atom is -0.325 e. The van der Waals surface area contributed by atoms with Gasteiger partial charge in [0.15, 0.2) is 5.78 Å². The highest BCUT2D eigenvalue weighted by molar-refractivity contribution is 6.32. The Balaban J connectivity index is 1.59. The van der Waals surface area contributed by atoms with Gasteiger partial charge in [-0.05, 0) is 73.2 Å². The average Bonchev–Trinajstić information content (AvgIpc) is 3.37. The van der Waals surface area contributed by atoms with Crippen molar-refractivity contribution in [1.29, 1.82) is 0 Å². The van der Waals surface area contributed by atoms with Crippen molar-refractivity contribution in [2.45, 2.75) is 58.0 Å². The van der Waals surface area contributed by atoms with E-state index in [0.29, 0.717) is 39.5 Å². The van der Waals surface area contributed by atoms with Gasteiger partial charge in [0.25, 0.3) is 0 Å². The number of anilines is 2. The summed E-state index contributed by atoms with van der Waals surface area (Å²) in [6.45, 7) is 7.69. The summed E-state index contributed by atoms with van der Waals surface area (Å²) in [5, 5.41) is 9.62. The molecular weight excluding hydrogens is 552 g/mol. The second-order valence-corrected chi connectivity index (χ2v) is 12.6. The first kappa shape index (κ1) is 28.3. The number of Topliss-reactive ketones (excluding diaryl/α,β-unsaturated/α-hetero) is 1. The summed E-state index contributed by atoms with van der Waals surface area (Å²) in [6, 6.07) is 13.5. The molecule has 5 rings (SSSR count). The van der Waals surface area contributed by atoms with Gasteiger partial charge in [-0.3, -0.25) is 14.4 Å². The van der Waals surface area contributed by atoms with Gasteiger partial charge in [-0.2, -0.15) is 0 Å². The van der Waals surface area contributed by atoms with Gasteiger partial charge in [-0.1, -0.05) is 56.1 Å². The highest BCUT2D eigenvalue weighted by Crippen LogP contribution is 2.54. The van der Waals surface area contributed by atoms with Crippen molar-refractivity contribution in [3.8, 4) is 11.1 Å². The zero-order valence-corrected chi connectivity index (χ0v) is 24.1. The maximum atomic E-state index is 15.4. The van der Waals surface area contributed by atoms with Crippen molar-refractivity contribution in [1.82, 2.24) is 5.32 Å². The molecule has 3 atom stereocenters. The van der Waals surface area contributed by atoms with E-state index in [1.54, 1.807) is 48.5 Å². The lowest BCUT2D eigenvalue weighted by atomic mass is 9.68. The fraction of sp³-hybridized carbons (Fsp3) is 0.323. The Labute approximate surface area is 242 Å². The van der Waals surface area contributed by atoms with Gasteiger partial charge in [0.2, 0.25) is 11.8 Å². The molecule has 1 saturated heterocycles. The second-order valence-electron chi connectivity index (χ2n) is 11.8. The summed E-state index contributed by atoms with van der Waals surface area (Å²) in [7, 11) is 0. The largest absolute Gasteiger partial charge is 0.325 e. The SMILES string of the molecule is CC(=O)c1ccc(NC(=O)[C@H]2C[C@]3(C(=O)Nc4cc(Cl)cc(-c5cccc(Cl)c5F)c43)[C@H](CC(C)(C)C)N2)cc1. The van der Waals surface area contributed by atoms with Gasteiger partial charge in [-0.25, -0.2) is 4.39 Å². The maximum Gasteiger partial charge on any atom is 0.241 e. The predicted molar refractivity (Wildman–Crippen MR) is 157 cm³/mol. The molecule has 0 aliphatic carbocycles. The summed E-state index contributed by atoms with van der Waals surface area (Å²) < 4.78 is 15.4. The number of halogens is 3. The lowest BCUT2D eigenvalue weighted by Crippen LogP contribution is -2.48. The third kappa shape index (κ3) is 5.02. The number of fused-ring (bicyclic) bond motifs is 2. The molecule has 6 nitrogen and oxygen atoms in total. The molecular formula is C31H30Cl2FN3O3. The molecule has 2 aliphatic rings. The van der Waals surface area contributed by atoms with Gasteiger partial charge in [0, 0.05) is 39.1 Å². The van der Waals surface area contributed by atoms with E-state index in [4.69, 9.17) is 23.2 Å². The van der Waals surface area contributed by atoms with Crippen LogP contribution >= 0.6 is 23.2 Å². The number of hydrogen-bond donors (Lipinski definition) is 3. The summed E-state index contributed by atoms with van der Waals surface area (Å²) in [4.78, 5) is 39.1. The molecule has 3 aromatic carbocycles. The van der Waals surface area contributed by atoms with Crippen LogP contribution in [0.2, 0.25) is 10.0 Å². The Morgan fingerprint density at radius 2 is 1.77 bits per heavy atom. The Bertz CT molecular complexity index is 1530. The van der Waals surface area contributed by atoms with E-state index in [-0.39, 0.29) is 40.0 Å². The van der Waals surface area contributed by atoms with E-state index in [0.717, 1.165) is 0 Å². The number of rotatable bonds is 5. The molecule has 0 bridgehead atoms. The molecule has 2 heterocycles. The van der Waals surface area contributed by atoms with Crippen molar-refractivity contribution in [3.05, 3.63) is 81.6 Å². The first-order valence-corrected chi connectivity index (χ1v) is 13.8. The molecule has 3 N–H and O–H groups in total. The van der Waals surface area contributed by atoms with E-state index in [1.165, 1.54) is 13.0 Å². The minimum absolute atomic E-state index is 0.0404. The molecule has 40 heavy (non-hydrogen) atoms. The van der Waals surface area contributed by atoms with Crippen LogP contribution in [0.4, 0.5) is 15.8 Å². The smallest absolute Gasteiger partial charge is 0.241 e. The van der Waals surface area contributed by atoms with Crippen LogP contribution in [-0.2, 0) is 15.0 Å². The Kier molecular flexibility index (Phi) is 7.27. The summed E-state index contributed by atoms with van der Waals surface area (Å²) >= 11 is 12.6. The number of ketones is 1. The lowest BCUT2D eigenvalue weighted by Gasteiger charge is -2.34. The van der Waals surface area contributed by atoms with Crippen LogP contribution in [0.5, 0.6) is 0 Å². The number of amides is 2. The average molecular weight is 583 g/mol. The quantitative estimate of drug-likeness (QED) is 0.283. The Morgan fingerprint density at radius 3 is 2.42 bits per heavy atom. The molecule has 9 heteroatoms. The van der Waals surface area contributed by atoms with Crippen molar-refractivity contribution in [2.75, 3.05) is 10.6 Å². The zero-order chi connectivity index (χ0) is 29.0. The molecule has 2 amide bonds. The predicted octanol–water partition coefficient (Wildman–Crippen LogP) is 7.00. The van der Waals surface area contributed by atoms with Gasteiger partial charge in [0.05, 0.1) is 16.5 Å². The molecule has 208 valence electrons. The normalized spacial score (nSPS) is 21.8. The second kappa shape index (κ2) is 10.3. The lowest BCUT2D eigenvalue weighted by molar-refractivity contribution is -0.121. The monoisotopic (exact) mass is 581 g/mol. The number of hydrogen-bond acceptors (Lipinski definition) is 4. The summed E-state index contributed by atoms with van der Waals surface area (Å²) in [5.74, 6) is -1.25. The van der Waals surface area contributed by atoms with Gasteiger partial charge < -0.3 is 16.0 Å². The number of carbonyl (C=O) groups is 3. The van der Waals surface area contributed by atoms with E-state index < -0.39 is 23.3 Å². The zero-order valence-electron chi connectivity index (χ0n) is 22.6. The highest BCUT2D eigenvalue weighted by atomic mass is 35.5. The molecule has 3 aromatic rings. The first-order valence-electron chi connectivity index (χ1n) is 13.1. The van der Waals surface area contributed by atoms with Gasteiger partial charge >= 0.3 is 0 Å². The van der Waals surface area contributed by atoms with Crippen molar-refractivity contribution in [3.63, 3.8) is 0 Å². The van der Waals surface area contributed by atoms with E-state index in [9.17, 15) is 14.4 Å². The third-order valence-corrected chi connectivity index (χ3v) is 8.17. The molecule has 1 fully saturated rings. The number of carbonyl (C=O) groups excluding carboxylic acids is 3. The van der Waals surface area contributed by atoms with Crippen LogP contribution in [0.25, 0.3) is 11.1 Å². The molecule has 1 spiro atoms. The first-order chi connectivity index (χ1) is 18.8. The van der Waals surface area contributed by atoms with Crippen LogP contribution in [-0.4, -0.2) is 29.7 Å². The van der Waals surface area contributed by atoms with Crippen LogP contribution in [0, 0.1) is 11.2 Å². The third-order valence-electron chi connectivity index (χ3n) is 7.66. The van der Waals surface area contributed by atoms with Crippen LogP contribution < -0.4 is 16.0 Å². The maximum absolute atomic E-state index is 15.4.